The lowest BCUT2D eigenvalue weighted by molar-refractivity contribution is 0.417. The highest BCUT2D eigenvalue weighted by Crippen LogP contribution is 2.31. The summed E-state index contributed by atoms with van der Waals surface area (Å²) in [7, 11) is 3.46. The standard InChI is InChI=1S/C18H15N3O3S/c1-21-8-7-11-9-12(17(22)24-16(11)21)14-10-25-18(20-14)19-13-5-3-4-6-15(13)23-2/h3-10H,1-2H3,(H,19,20). The fraction of sp³-hybridized carbons (Fsp3) is 0.111. The van der Waals surface area contributed by atoms with Gasteiger partial charge in [-0.1, -0.05) is 12.1 Å². The van der Waals surface area contributed by atoms with Gasteiger partial charge in [0.25, 0.3) is 0 Å². The predicted molar refractivity (Wildman–Crippen MR) is 98.8 cm³/mol. The minimum atomic E-state index is -0.400. The molecule has 0 aliphatic carbocycles. The van der Waals surface area contributed by atoms with Crippen LogP contribution in [0.4, 0.5) is 10.8 Å². The van der Waals surface area contributed by atoms with Crippen LogP contribution in [0.1, 0.15) is 0 Å². The van der Waals surface area contributed by atoms with E-state index in [4.69, 9.17) is 9.15 Å². The zero-order chi connectivity index (χ0) is 17.4. The highest BCUT2D eigenvalue weighted by Gasteiger charge is 2.13. The molecule has 1 aromatic carbocycles. The summed E-state index contributed by atoms with van der Waals surface area (Å²) in [4.78, 5) is 16.8. The molecule has 0 radical (unpaired) electrons. The Labute approximate surface area is 147 Å². The van der Waals surface area contributed by atoms with Crippen molar-refractivity contribution in [2.75, 3.05) is 12.4 Å². The van der Waals surface area contributed by atoms with Crippen LogP contribution >= 0.6 is 11.3 Å². The summed E-state index contributed by atoms with van der Waals surface area (Å²) in [6, 6.07) is 11.3. The molecule has 0 spiro atoms. The van der Waals surface area contributed by atoms with Crippen molar-refractivity contribution in [3.63, 3.8) is 0 Å². The second kappa shape index (κ2) is 6.10. The van der Waals surface area contributed by atoms with Gasteiger partial charge in [0.15, 0.2) is 5.13 Å². The number of anilines is 2. The molecule has 126 valence electrons. The molecule has 25 heavy (non-hydrogen) atoms. The summed E-state index contributed by atoms with van der Waals surface area (Å²) in [6.45, 7) is 0. The normalized spacial score (nSPS) is 11.0. The monoisotopic (exact) mass is 353 g/mol. The molecule has 0 fully saturated rings. The van der Waals surface area contributed by atoms with E-state index in [9.17, 15) is 4.79 Å². The van der Waals surface area contributed by atoms with E-state index in [1.54, 1.807) is 11.7 Å². The molecule has 0 atom stereocenters. The van der Waals surface area contributed by atoms with Crippen LogP contribution in [-0.4, -0.2) is 16.7 Å². The summed E-state index contributed by atoms with van der Waals surface area (Å²) in [5.74, 6) is 0.726. The molecule has 4 aromatic rings. The Morgan fingerprint density at radius 2 is 2.12 bits per heavy atom. The van der Waals surface area contributed by atoms with Crippen LogP contribution in [-0.2, 0) is 7.05 Å². The highest BCUT2D eigenvalue weighted by molar-refractivity contribution is 7.14. The van der Waals surface area contributed by atoms with E-state index in [2.05, 4.69) is 10.3 Å². The van der Waals surface area contributed by atoms with E-state index in [-0.39, 0.29) is 0 Å². The van der Waals surface area contributed by atoms with Gasteiger partial charge in [-0.15, -0.1) is 11.3 Å². The number of fused-ring (bicyclic) bond motifs is 1. The van der Waals surface area contributed by atoms with Crippen molar-refractivity contribution < 1.29 is 9.15 Å². The Hall–Kier alpha value is -3.06. The third-order valence-electron chi connectivity index (χ3n) is 3.88. The Balaban J connectivity index is 1.70. The topological polar surface area (TPSA) is 69.3 Å². The Kier molecular flexibility index (Phi) is 3.77. The molecule has 0 amide bonds. The Morgan fingerprint density at radius 3 is 2.96 bits per heavy atom. The molecule has 6 nitrogen and oxygen atoms in total. The van der Waals surface area contributed by atoms with Crippen molar-refractivity contribution in [3.8, 4) is 17.0 Å². The second-order valence-corrected chi connectivity index (χ2v) is 6.36. The Bertz CT molecular complexity index is 1110. The van der Waals surface area contributed by atoms with Gasteiger partial charge in [0.1, 0.15) is 5.75 Å². The molecular formula is C18H15N3O3S. The molecule has 7 heteroatoms. The van der Waals surface area contributed by atoms with Crippen LogP contribution in [0.25, 0.3) is 22.4 Å². The molecule has 0 unspecified atom stereocenters. The maximum absolute atomic E-state index is 12.3. The fourth-order valence-electron chi connectivity index (χ4n) is 2.63. The van der Waals surface area contributed by atoms with Crippen molar-refractivity contribution >= 4 is 33.3 Å². The van der Waals surface area contributed by atoms with Gasteiger partial charge in [-0.25, -0.2) is 9.78 Å². The molecule has 4 rings (SSSR count). The first-order valence-corrected chi connectivity index (χ1v) is 8.49. The van der Waals surface area contributed by atoms with Gasteiger partial charge in [0, 0.05) is 24.0 Å². The average molecular weight is 353 g/mol. The smallest absolute Gasteiger partial charge is 0.347 e. The van der Waals surface area contributed by atoms with Gasteiger partial charge < -0.3 is 19.0 Å². The summed E-state index contributed by atoms with van der Waals surface area (Å²) in [5, 5.41) is 6.59. The van der Waals surface area contributed by atoms with Gasteiger partial charge in [-0.2, -0.15) is 0 Å². The lowest BCUT2D eigenvalue weighted by atomic mass is 10.2. The summed E-state index contributed by atoms with van der Waals surface area (Å²) in [6.07, 6.45) is 1.85. The number of thiazole rings is 1. The second-order valence-electron chi connectivity index (χ2n) is 5.50. The van der Waals surface area contributed by atoms with Crippen LogP contribution in [0.15, 0.2) is 57.2 Å². The maximum atomic E-state index is 12.3. The molecule has 0 saturated carbocycles. The minimum absolute atomic E-state index is 0.400. The number of hydrogen-bond donors (Lipinski definition) is 1. The molecule has 0 aliphatic rings. The lowest BCUT2D eigenvalue weighted by Crippen LogP contribution is -2.04. The number of aromatic nitrogens is 2. The number of para-hydroxylation sites is 2. The molecule has 3 aromatic heterocycles. The molecule has 0 aliphatic heterocycles. The van der Waals surface area contributed by atoms with Crippen LogP contribution in [0.3, 0.4) is 0 Å². The van der Waals surface area contributed by atoms with Crippen molar-refractivity contribution in [2.24, 2.45) is 7.05 Å². The van der Waals surface area contributed by atoms with Crippen LogP contribution in [0.5, 0.6) is 5.75 Å². The highest BCUT2D eigenvalue weighted by atomic mass is 32.1. The average Bonchev–Trinajstić information content (AvgIpc) is 3.22. The largest absolute Gasteiger partial charge is 0.495 e. The number of nitrogens with zero attached hydrogens (tertiary/aromatic N) is 2. The summed E-state index contributed by atoms with van der Waals surface area (Å²) < 4.78 is 12.5. The van der Waals surface area contributed by atoms with E-state index >= 15 is 0 Å². The first kappa shape index (κ1) is 15.5. The predicted octanol–water partition coefficient (Wildman–Crippen LogP) is 4.01. The van der Waals surface area contributed by atoms with Gasteiger partial charge in [-0.3, -0.25) is 0 Å². The number of aryl methyl sites for hydroxylation is 1. The van der Waals surface area contributed by atoms with E-state index in [1.165, 1.54) is 11.3 Å². The molecule has 0 bridgehead atoms. The zero-order valence-corrected chi connectivity index (χ0v) is 14.5. The zero-order valence-electron chi connectivity index (χ0n) is 13.6. The number of methoxy groups -OCH3 is 1. The fourth-order valence-corrected chi connectivity index (χ4v) is 3.35. The molecular weight excluding hydrogens is 338 g/mol. The number of rotatable bonds is 4. The van der Waals surface area contributed by atoms with E-state index < -0.39 is 5.63 Å². The SMILES string of the molecule is COc1ccccc1Nc1nc(-c2cc3ccn(C)c3oc2=O)cs1. The van der Waals surface area contributed by atoms with Gasteiger partial charge in [0.2, 0.25) is 5.71 Å². The van der Waals surface area contributed by atoms with Crippen molar-refractivity contribution in [1.29, 1.82) is 0 Å². The van der Waals surface area contributed by atoms with Crippen molar-refractivity contribution in [2.45, 2.75) is 0 Å². The summed E-state index contributed by atoms with van der Waals surface area (Å²) in [5.41, 5.74) is 2.00. The van der Waals surface area contributed by atoms with Gasteiger partial charge in [-0.05, 0) is 24.3 Å². The molecule has 1 N–H and O–H groups in total. The minimum Gasteiger partial charge on any atom is -0.495 e. The summed E-state index contributed by atoms with van der Waals surface area (Å²) >= 11 is 1.41. The number of benzene rings is 1. The van der Waals surface area contributed by atoms with Crippen LogP contribution in [0, 0.1) is 0 Å². The number of hydrogen-bond acceptors (Lipinski definition) is 6. The molecule has 0 saturated heterocycles. The third-order valence-corrected chi connectivity index (χ3v) is 4.64. The quantitative estimate of drug-likeness (QED) is 0.600. The van der Waals surface area contributed by atoms with Crippen molar-refractivity contribution in [1.82, 2.24) is 9.55 Å². The first-order valence-electron chi connectivity index (χ1n) is 7.61. The first-order chi connectivity index (χ1) is 12.2. The van der Waals surface area contributed by atoms with E-state index in [0.717, 1.165) is 16.8 Å². The van der Waals surface area contributed by atoms with E-state index in [0.29, 0.717) is 22.1 Å². The maximum Gasteiger partial charge on any atom is 0.347 e. The third kappa shape index (κ3) is 2.78. The van der Waals surface area contributed by atoms with Gasteiger partial charge >= 0.3 is 5.63 Å². The number of nitrogens with one attached hydrogen (secondary N) is 1. The van der Waals surface area contributed by atoms with Crippen LogP contribution in [0.2, 0.25) is 0 Å². The van der Waals surface area contributed by atoms with Gasteiger partial charge in [0.05, 0.1) is 24.1 Å². The van der Waals surface area contributed by atoms with E-state index in [1.807, 2.05) is 55.0 Å². The Morgan fingerprint density at radius 1 is 1.28 bits per heavy atom. The lowest BCUT2D eigenvalue weighted by Gasteiger charge is -2.07. The van der Waals surface area contributed by atoms with Crippen LogP contribution < -0.4 is 15.7 Å². The number of ether oxygens (including phenoxy) is 1. The molecule has 3 heterocycles. The van der Waals surface area contributed by atoms with Crippen molar-refractivity contribution in [3.05, 3.63) is 58.4 Å².